The van der Waals surface area contributed by atoms with Crippen LogP contribution in [0.25, 0.3) is 11.0 Å². The van der Waals surface area contributed by atoms with Crippen LogP contribution in [0.1, 0.15) is 17.5 Å². The number of nitrogens with zero attached hydrogens (tertiary/aromatic N) is 4. The van der Waals surface area contributed by atoms with E-state index in [0.29, 0.717) is 0 Å². The molecule has 1 fully saturated rings. The van der Waals surface area contributed by atoms with Crippen molar-refractivity contribution >= 4 is 22.8 Å². The van der Waals surface area contributed by atoms with Crippen molar-refractivity contribution < 1.29 is 4.79 Å². The fraction of sp³-hybridized carbons (Fsp3) is 0.318. The van der Waals surface area contributed by atoms with Crippen LogP contribution in [0, 0.1) is 6.92 Å². The Hall–Kier alpha value is -2.99. The summed E-state index contributed by atoms with van der Waals surface area (Å²) in [5.74, 6) is 0. The molecule has 6 nitrogen and oxygen atoms in total. The zero-order chi connectivity index (χ0) is 19.3. The number of amides is 2. The minimum absolute atomic E-state index is 0.0216. The van der Waals surface area contributed by atoms with E-state index in [1.165, 1.54) is 11.1 Å². The summed E-state index contributed by atoms with van der Waals surface area (Å²) in [6, 6.07) is 14.1. The number of aryl methyl sites for hydroxylation is 1. The number of carbonyl (C=O) groups excluding carboxylic acids is 1. The van der Waals surface area contributed by atoms with Crippen molar-refractivity contribution in [2.75, 3.05) is 31.5 Å². The van der Waals surface area contributed by atoms with E-state index in [1.54, 1.807) is 12.4 Å². The molecule has 2 aromatic carbocycles. The molecule has 3 aromatic rings. The molecule has 0 aliphatic carbocycles. The van der Waals surface area contributed by atoms with Crippen molar-refractivity contribution in [2.24, 2.45) is 0 Å². The molecule has 1 aliphatic rings. The molecule has 0 atom stereocenters. The van der Waals surface area contributed by atoms with Gasteiger partial charge in [-0.1, -0.05) is 23.8 Å². The monoisotopic (exact) mass is 375 g/mol. The van der Waals surface area contributed by atoms with Crippen molar-refractivity contribution in [1.82, 2.24) is 19.8 Å². The number of aromatic nitrogens is 2. The normalized spacial score (nSPS) is 15.4. The molecular formula is C22H25N5O. The summed E-state index contributed by atoms with van der Waals surface area (Å²) in [6.45, 7) is 6.24. The third-order valence-corrected chi connectivity index (χ3v) is 5.12. The van der Waals surface area contributed by atoms with Crippen LogP contribution >= 0.6 is 0 Å². The van der Waals surface area contributed by atoms with Gasteiger partial charge in [-0.25, -0.2) is 4.79 Å². The van der Waals surface area contributed by atoms with Crippen LogP contribution in [0.2, 0.25) is 0 Å². The summed E-state index contributed by atoms with van der Waals surface area (Å²) in [5, 5.41) is 3.00. The molecule has 2 amide bonds. The largest absolute Gasteiger partial charge is 0.323 e. The average molecular weight is 375 g/mol. The average Bonchev–Trinajstić information content (AvgIpc) is 2.95. The van der Waals surface area contributed by atoms with Crippen LogP contribution in [0.5, 0.6) is 0 Å². The maximum atomic E-state index is 12.6. The lowest BCUT2D eigenvalue weighted by Gasteiger charge is -2.22. The van der Waals surface area contributed by atoms with E-state index in [2.05, 4.69) is 32.3 Å². The highest BCUT2D eigenvalue weighted by Gasteiger charge is 2.19. The Morgan fingerprint density at radius 2 is 1.75 bits per heavy atom. The van der Waals surface area contributed by atoms with E-state index in [4.69, 9.17) is 0 Å². The van der Waals surface area contributed by atoms with Gasteiger partial charge in [-0.2, -0.15) is 0 Å². The lowest BCUT2D eigenvalue weighted by Crippen LogP contribution is -2.38. The van der Waals surface area contributed by atoms with Crippen LogP contribution in [0.4, 0.5) is 10.5 Å². The molecular weight excluding hydrogens is 350 g/mol. The Balaban J connectivity index is 1.35. The van der Waals surface area contributed by atoms with Crippen LogP contribution < -0.4 is 5.32 Å². The Bertz CT molecular complexity index is 957. The van der Waals surface area contributed by atoms with Gasteiger partial charge in [0, 0.05) is 50.8 Å². The predicted molar refractivity (Wildman–Crippen MR) is 111 cm³/mol. The fourth-order valence-corrected chi connectivity index (χ4v) is 3.54. The molecule has 1 saturated heterocycles. The first-order valence-electron chi connectivity index (χ1n) is 9.72. The second-order valence-electron chi connectivity index (χ2n) is 7.29. The summed E-state index contributed by atoms with van der Waals surface area (Å²) >= 11 is 0. The zero-order valence-electron chi connectivity index (χ0n) is 16.1. The number of nitrogens with one attached hydrogen (secondary N) is 1. The zero-order valence-corrected chi connectivity index (χ0v) is 16.1. The van der Waals surface area contributed by atoms with Gasteiger partial charge >= 0.3 is 6.03 Å². The van der Waals surface area contributed by atoms with Gasteiger partial charge in [-0.05, 0) is 43.2 Å². The van der Waals surface area contributed by atoms with E-state index in [-0.39, 0.29) is 6.03 Å². The van der Waals surface area contributed by atoms with Crippen LogP contribution in [0.15, 0.2) is 54.9 Å². The number of anilines is 1. The number of fused-ring (bicyclic) bond motifs is 1. The molecule has 1 aliphatic heterocycles. The summed E-state index contributed by atoms with van der Waals surface area (Å²) in [4.78, 5) is 25.6. The smallest absolute Gasteiger partial charge is 0.321 e. The molecule has 6 heteroatoms. The Morgan fingerprint density at radius 3 is 2.57 bits per heavy atom. The van der Waals surface area contributed by atoms with Gasteiger partial charge in [0.25, 0.3) is 0 Å². The second kappa shape index (κ2) is 8.35. The fourth-order valence-electron chi connectivity index (χ4n) is 3.54. The van der Waals surface area contributed by atoms with Gasteiger partial charge in [-0.3, -0.25) is 14.9 Å². The van der Waals surface area contributed by atoms with Crippen LogP contribution in [-0.4, -0.2) is 52.0 Å². The van der Waals surface area contributed by atoms with Gasteiger partial charge in [0.1, 0.15) is 0 Å². The van der Waals surface area contributed by atoms with E-state index >= 15 is 0 Å². The number of urea groups is 1. The lowest BCUT2D eigenvalue weighted by molar-refractivity contribution is 0.211. The highest BCUT2D eigenvalue weighted by molar-refractivity contribution is 5.89. The van der Waals surface area contributed by atoms with Crippen molar-refractivity contribution in [3.05, 3.63) is 66.0 Å². The van der Waals surface area contributed by atoms with E-state index in [0.717, 1.165) is 55.9 Å². The number of hydrogen-bond donors (Lipinski definition) is 1. The molecule has 4 rings (SSSR count). The highest BCUT2D eigenvalue weighted by atomic mass is 16.2. The maximum absolute atomic E-state index is 12.6. The molecule has 2 heterocycles. The molecule has 1 N–H and O–H groups in total. The van der Waals surface area contributed by atoms with E-state index < -0.39 is 0 Å². The molecule has 0 saturated carbocycles. The van der Waals surface area contributed by atoms with Crippen LogP contribution in [-0.2, 0) is 6.54 Å². The van der Waals surface area contributed by atoms with Crippen molar-refractivity contribution in [3.63, 3.8) is 0 Å². The first-order chi connectivity index (χ1) is 13.7. The third kappa shape index (κ3) is 4.46. The first kappa shape index (κ1) is 18.4. The van der Waals surface area contributed by atoms with Crippen molar-refractivity contribution in [2.45, 2.75) is 19.9 Å². The quantitative estimate of drug-likeness (QED) is 0.759. The Morgan fingerprint density at radius 1 is 0.964 bits per heavy atom. The molecule has 0 unspecified atom stereocenters. The Kier molecular flexibility index (Phi) is 5.48. The van der Waals surface area contributed by atoms with E-state index in [1.807, 2.05) is 42.2 Å². The summed E-state index contributed by atoms with van der Waals surface area (Å²) in [7, 11) is 0. The van der Waals surface area contributed by atoms with Gasteiger partial charge in [0.05, 0.1) is 11.0 Å². The predicted octanol–water partition coefficient (Wildman–Crippen LogP) is 3.68. The molecule has 0 spiro atoms. The number of carbonyl (C=O) groups is 1. The molecule has 0 radical (unpaired) electrons. The van der Waals surface area contributed by atoms with Gasteiger partial charge < -0.3 is 10.2 Å². The van der Waals surface area contributed by atoms with Crippen molar-refractivity contribution in [1.29, 1.82) is 0 Å². The summed E-state index contributed by atoms with van der Waals surface area (Å²) in [5.41, 5.74) is 5.10. The minimum atomic E-state index is -0.0216. The van der Waals surface area contributed by atoms with E-state index in [9.17, 15) is 4.79 Å². The SMILES string of the molecule is Cc1ccc(NC(=O)N2CCCN(Cc3ccc4nccnc4c3)CC2)cc1. The topological polar surface area (TPSA) is 61.4 Å². The molecule has 28 heavy (non-hydrogen) atoms. The van der Waals surface area contributed by atoms with Crippen molar-refractivity contribution in [3.8, 4) is 0 Å². The maximum Gasteiger partial charge on any atom is 0.321 e. The van der Waals surface area contributed by atoms with Crippen LogP contribution in [0.3, 0.4) is 0 Å². The number of benzene rings is 2. The molecule has 0 bridgehead atoms. The number of rotatable bonds is 3. The summed E-state index contributed by atoms with van der Waals surface area (Å²) in [6.07, 6.45) is 4.41. The lowest BCUT2D eigenvalue weighted by atomic mass is 10.1. The van der Waals surface area contributed by atoms with Gasteiger partial charge in [-0.15, -0.1) is 0 Å². The highest BCUT2D eigenvalue weighted by Crippen LogP contribution is 2.15. The van der Waals surface area contributed by atoms with Gasteiger partial charge in [0.15, 0.2) is 0 Å². The minimum Gasteiger partial charge on any atom is -0.323 e. The third-order valence-electron chi connectivity index (χ3n) is 5.12. The first-order valence-corrected chi connectivity index (χ1v) is 9.72. The second-order valence-corrected chi connectivity index (χ2v) is 7.29. The summed E-state index contributed by atoms with van der Waals surface area (Å²) < 4.78 is 0. The number of hydrogen-bond acceptors (Lipinski definition) is 4. The standard InChI is InChI=1S/C22H25N5O/c1-17-3-6-19(7-4-17)25-22(28)27-12-2-11-26(13-14-27)16-18-5-8-20-21(15-18)24-10-9-23-20/h3-10,15H,2,11-14,16H2,1H3,(H,25,28). The Labute approximate surface area is 165 Å². The molecule has 144 valence electrons. The van der Waals surface area contributed by atoms with Gasteiger partial charge in [0.2, 0.25) is 0 Å². The molecule has 1 aromatic heterocycles.